The van der Waals surface area contributed by atoms with Crippen molar-refractivity contribution in [3.05, 3.63) is 0 Å². The van der Waals surface area contributed by atoms with E-state index < -0.39 is 18.2 Å². The van der Waals surface area contributed by atoms with E-state index in [1.54, 1.807) is 0 Å². The molecule has 0 aliphatic heterocycles. The summed E-state index contributed by atoms with van der Waals surface area (Å²) in [6, 6.07) is 0. The zero-order valence-corrected chi connectivity index (χ0v) is 10.2. The van der Waals surface area contributed by atoms with Crippen molar-refractivity contribution in [1.29, 1.82) is 0 Å². The summed E-state index contributed by atoms with van der Waals surface area (Å²) in [4.78, 5) is 11.0. The Kier molecular flexibility index (Phi) is 2.53. The first kappa shape index (κ1) is 12.7. The molecular weight excluding hydrogens is 233 g/mol. The maximum Gasteiger partial charge on any atom is 0.490 e. The van der Waals surface area contributed by atoms with Crippen molar-refractivity contribution in [3.63, 3.8) is 0 Å². The van der Waals surface area contributed by atoms with Gasteiger partial charge in [0.05, 0.1) is 0 Å². The molecule has 0 N–H and O–H groups in total. The Balaban J connectivity index is 2.19. The second-order valence-corrected chi connectivity index (χ2v) is 6.20. The first-order valence-electron chi connectivity index (χ1n) is 5.85. The minimum atomic E-state index is -4.89. The van der Waals surface area contributed by atoms with Gasteiger partial charge >= 0.3 is 12.1 Å². The second kappa shape index (κ2) is 3.39. The van der Waals surface area contributed by atoms with Crippen LogP contribution in [0.15, 0.2) is 0 Å². The molecule has 17 heavy (non-hydrogen) atoms. The number of carbonyl (C=O) groups excluding carboxylic acids is 1. The average Bonchev–Trinajstić information content (AvgIpc) is 2.62. The van der Waals surface area contributed by atoms with E-state index in [0.29, 0.717) is 5.92 Å². The van der Waals surface area contributed by atoms with Gasteiger partial charge in [0.2, 0.25) is 0 Å². The highest BCUT2D eigenvalue weighted by Crippen LogP contribution is 2.63. The first-order chi connectivity index (χ1) is 7.57. The van der Waals surface area contributed by atoms with Gasteiger partial charge in [-0.3, -0.25) is 0 Å². The molecule has 2 bridgehead atoms. The smallest absolute Gasteiger partial charge is 0.455 e. The van der Waals surface area contributed by atoms with Gasteiger partial charge in [0.15, 0.2) is 0 Å². The molecule has 0 amide bonds. The molecule has 0 radical (unpaired) electrons. The maximum absolute atomic E-state index is 12.2. The Bertz CT molecular complexity index is 343. The van der Waals surface area contributed by atoms with Crippen LogP contribution in [-0.4, -0.2) is 18.2 Å². The first-order valence-corrected chi connectivity index (χ1v) is 5.85. The number of carbonyl (C=O) groups is 1. The van der Waals surface area contributed by atoms with Crippen LogP contribution in [0.3, 0.4) is 0 Å². The standard InChI is InChI=1S/C12H17F3O2/c1-10(2)7-4-5-11(3,6-7)8(10)17-9(16)12(13,14)15/h7-8H,4-6H2,1-3H3. The fraction of sp³-hybridized carbons (Fsp3) is 0.917. The van der Waals surface area contributed by atoms with Gasteiger partial charge in [-0.1, -0.05) is 20.8 Å². The quantitative estimate of drug-likeness (QED) is 0.667. The third-order valence-corrected chi connectivity index (χ3v) is 4.59. The number of ether oxygens (including phenoxy) is 1. The van der Waals surface area contributed by atoms with Crippen LogP contribution < -0.4 is 0 Å². The van der Waals surface area contributed by atoms with E-state index in [0.717, 1.165) is 19.3 Å². The lowest BCUT2D eigenvalue weighted by Crippen LogP contribution is -2.45. The molecule has 0 aromatic rings. The van der Waals surface area contributed by atoms with Crippen LogP contribution in [0, 0.1) is 16.7 Å². The normalized spacial score (nSPS) is 39.4. The van der Waals surface area contributed by atoms with Crippen molar-refractivity contribution in [2.24, 2.45) is 16.7 Å². The molecule has 2 rings (SSSR count). The van der Waals surface area contributed by atoms with E-state index >= 15 is 0 Å². The fourth-order valence-electron chi connectivity index (χ4n) is 3.72. The van der Waals surface area contributed by atoms with E-state index in [4.69, 9.17) is 4.74 Å². The van der Waals surface area contributed by atoms with Crippen molar-refractivity contribution in [3.8, 4) is 0 Å². The van der Waals surface area contributed by atoms with E-state index in [9.17, 15) is 18.0 Å². The molecule has 0 aromatic carbocycles. The monoisotopic (exact) mass is 250 g/mol. The average molecular weight is 250 g/mol. The lowest BCUT2D eigenvalue weighted by Gasteiger charge is -2.41. The zero-order chi connectivity index (χ0) is 13.1. The van der Waals surface area contributed by atoms with Crippen LogP contribution in [0.5, 0.6) is 0 Å². The summed E-state index contributed by atoms with van der Waals surface area (Å²) in [5.41, 5.74) is -0.636. The summed E-state index contributed by atoms with van der Waals surface area (Å²) in [6.07, 6.45) is -2.80. The summed E-state index contributed by atoms with van der Waals surface area (Å²) >= 11 is 0. The van der Waals surface area contributed by atoms with Gasteiger partial charge < -0.3 is 4.74 Å². The lowest BCUT2D eigenvalue weighted by atomic mass is 9.70. The molecule has 0 aromatic heterocycles. The predicted octanol–water partition coefficient (Wildman–Crippen LogP) is 3.31. The molecule has 0 heterocycles. The topological polar surface area (TPSA) is 26.3 Å². The minimum absolute atomic E-state index is 0.283. The molecule has 2 nitrogen and oxygen atoms in total. The Morgan fingerprint density at radius 2 is 1.88 bits per heavy atom. The Hall–Kier alpha value is -0.740. The highest BCUT2D eigenvalue weighted by atomic mass is 19.4. The Morgan fingerprint density at radius 3 is 2.29 bits per heavy atom. The second-order valence-electron chi connectivity index (χ2n) is 6.20. The largest absolute Gasteiger partial charge is 0.490 e. The van der Waals surface area contributed by atoms with Gasteiger partial charge in [0, 0.05) is 10.8 Å². The molecule has 2 aliphatic rings. The SMILES string of the molecule is CC12CCC(C1)C(C)(C)C2OC(=O)C(F)(F)F. The number of fused-ring (bicyclic) bond motifs is 2. The van der Waals surface area contributed by atoms with Crippen molar-refractivity contribution in [2.45, 2.75) is 52.3 Å². The number of hydrogen-bond acceptors (Lipinski definition) is 2. The molecule has 5 heteroatoms. The summed E-state index contributed by atoms with van der Waals surface area (Å²) in [5.74, 6) is -1.69. The molecule has 98 valence electrons. The van der Waals surface area contributed by atoms with Crippen LogP contribution in [0.25, 0.3) is 0 Å². The van der Waals surface area contributed by atoms with Crippen LogP contribution in [0.1, 0.15) is 40.0 Å². The highest BCUT2D eigenvalue weighted by Gasteiger charge is 2.62. The molecule has 0 saturated heterocycles. The van der Waals surface area contributed by atoms with Crippen LogP contribution in [0.2, 0.25) is 0 Å². The van der Waals surface area contributed by atoms with Gasteiger partial charge in [0.1, 0.15) is 6.10 Å². The fourth-order valence-corrected chi connectivity index (χ4v) is 3.72. The van der Waals surface area contributed by atoms with E-state index in [1.165, 1.54) is 0 Å². The molecule has 2 fully saturated rings. The van der Waals surface area contributed by atoms with Crippen LogP contribution in [-0.2, 0) is 9.53 Å². The number of hydrogen-bond donors (Lipinski definition) is 0. The summed E-state index contributed by atoms with van der Waals surface area (Å²) in [7, 11) is 0. The van der Waals surface area contributed by atoms with E-state index in [1.807, 2.05) is 20.8 Å². The van der Waals surface area contributed by atoms with Gasteiger partial charge in [-0.15, -0.1) is 0 Å². The third-order valence-electron chi connectivity index (χ3n) is 4.59. The van der Waals surface area contributed by atoms with Crippen LogP contribution in [0.4, 0.5) is 13.2 Å². The molecule has 2 aliphatic carbocycles. The van der Waals surface area contributed by atoms with Crippen molar-refractivity contribution < 1.29 is 22.7 Å². The molecule has 3 atom stereocenters. The van der Waals surface area contributed by atoms with Gasteiger partial charge in [-0.25, -0.2) is 4.79 Å². The van der Waals surface area contributed by atoms with Gasteiger partial charge in [-0.2, -0.15) is 13.2 Å². The van der Waals surface area contributed by atoms with Gasteiger partial charge in [-0.05, 0) is 25.2 Å². The number of halogens is 3. The summed E-state index contributed by atoms with van der Waals surface area (Å²) in [6.45, 7) is 5.73. The highest BCUT2D eigenvalue weighted by molar-refractivity contribution is 5.76. The Morgan fingerprint density at radius 1 is 1.29 bits per heavy atom. The summed E-state index contributed by atoms with van der Waals surface area (Å²) < 4.78 is 41.5. The van der Waals surface area contributed by atoms with E-state index in [-0.39, 0.29) is 10.8 Å². The number of alkyl halides is 3. The molecular formula is C12H17F3O2. The van der Waals surface area contributed by atoms with E-state index in [2.05, 4.69) is 0 Å². The molecule has 0 spiro atoms. The molecule has 2 saturated carbocycles. The number of esters is 1. The maximum atomic E-state index is 12.2. The third kappa shape index (κ3) is 1.83. The minimum Gasteiger partial charge on any atom is -0.455 e. The Labute approximate surface area is 98.5 Å². The lowest BCUT2D eigenvalue weighted by molar-refractivity contribution is -0.216. The predicted molar refractivity (Wildman–Crippen MR) is 55.2 cm³/mol. The van der Waals surface area contributed by atoms with Crippen molar-refractivity contribution >= 4 is 5.97 Å². The zero-order valence-electron chi connectivity index (χ0n) is 10.2. The van der Waals surface area contributed by atoms with Crippen molar-refractivity contribution in [2.75, 3.05) is 0 Å². The van der Waals surface area contributed by atoms with Crippen molar-refractivity contribution in [1.82, 2.24) is 0 Å². The van der Waals surface area contributed by atoms with Gasteiger partial charge in [0.25, 0.3) is 0 Å². The molecule has 3 unspecified atom stereocenters. The van der Waals surface area contributed by atoms with Crippen LogP contribution >= 0.6 is 0 Å². The number of rotatable bonds is 1. The summed E-state index contributed by atoms with van der Waals surface area (Å²) in [5, 5.41) is 0.